The third-order valence-corrected chi connectivity index (χ3v) is 2.53. The molecule has 9 nitrogen and oxygen atoms in total. The molecule has 0 aliphatic heterocycles. The second-order valence-electron chi connectivity index (χ2n) is 4.10. The maximum absolute atomic E-state index is 11.7. The first-order valence-electron chi connectivity index (χ1n) is 5.98. The summed E-state index contributed by atoms with van der Waals surface area (Å²) in [5.74, 6) is -1.00. The van der Waals surface area contributed by atoms with Crippen LogP contribution in [0.5, 0.6) is 0 Å². The first-order valence-corrected chi connectivity index (χ1v) is 5.98. The average Bonchev–Trinajstić information content (AvgIpc) is 2.94. The fourth-order valence-corrected chi connectivity index (χ4v) is 1.52. The van der Waals surface area contributed by atoms with Gasteiger partial charge in [0.2, 0.25) is 6.33 Å². The first-order chi connectivity index (χ1) is 10.1. The zero-order chi connectivity index (χ0) is 15.2. The zero-order valence-corrected chi connectivity index (χ0v) is 11.1. The van der Waals surface area contributed by atoms with Gasteiger partial charge < -0.3 is 10.1 Å². The Kier molecular flexibility index (Phi) is 4.34. The number of carbonyl (C=O) groups excluding carboxylic acids is 1. The van der Waals surface area contributed by atoms with Crippen LogP contribution in [0.1, 0.15) is 12.5 Å². The van der Waals surface area contributed by atoms with E-state index in [0.717, 1.165) is 16.6 Å². The van der Waals surface area contributed by atoms with Gasteiger partial charge >= 0.3 is 5.95 Å². The van der Waals surface area contributed by atoms with Gasteiger partial charge in [0.25, 0.3) is 5.91 Å². The molecule has 0 bridgehead atoms. The van der Waals surface area contributed by atoms with Crippen LogP contribution >= 0.6 is 0 Å². The molecule has 9 heteroatoms. The lowest BCUT2D eigenvalue weighted by molar-refractivity contribution is -0.394. The van der Waals surface area contributed by atoms with Gasteiger partial charge in [0.15, 0.2) is 0 Å². The van der Waals surface area contributed by atoms with E-state index < -0.39 is 16.8 Å². The van der Waals surface area contributed by atoms with E-state index >= 15 is 0 Å². The van der Waals surface area contributed by atoms with E-state index in [4.69, 9.17) is 0 Å². The Morgan fingerprint density at radius 3 is 2.76 bits per heavy atom. The molecule has 0 unspecified atom stereocenters. The summed E-state index contributed by atoms with van der Waals surface area (Å²) in [7, 11) is 0. The molecular weight excluding hydrogens is 276 g/mol. The molecule has 1 N–H and O–H groups in total. The van der Waals surface area contributed by atoms with E-state index in [1.165, 1.54) is 0 Å². The second kappa shape index (κ2) is 6.37. The van der Waals surface area contributed by atoms with Gasteiger partial charge in [-0.05, 0) is 17.4 Å². The lowest BCUT2D eigenvalue weighted by atomic mass is 10.1. The number of amides is 1. The van der Waals surface area contributed by atoms with Crippen LogP contribution in [0.4, 0.5) is 5.95 Å². The average molecular weight is 288 g/mol. The Balaban J connectivity index is 1.94. The summed E-state index contributed by atoms with van der Waals surface area (Å²) in [4.78, 5) is 24.8. The highest BCUT2D eigenvalue weighted by molar-refractivity contribution is 5.99. The van der Waals surface area contributed by atoms with Crippen molar-refractivity contribution in [3.63, 3.8) is 0 Å². The van der Waals surface area contributed by atoms with Crippen molar-refractivity contribution < 1.29 is 9.72 Å². The van der Waals surface area contributed by atoms with Gasteiger partial charge in [0.05, 0.1) is 5.71 Å². The van der Waals surface area contributed by atoms with Crippen LogP contribution in [0.3, 0.4) is 0 Å². The fourth-order valence-electron chi connectivity index (χ4n) is 1.52. The molecule has 2 aromatic rings. The van der Waals surface area contributed by atoms with E-state index in [0.29, 0.717) is 5.71 Å². The van der Waals surface area contributed by atoms with Crippen LogP contribution in [0.2, 0.25) is 0 Å². The molecule has 0 spiro atoms. The molecular formula is C12H12N6O3. The molecule has 0 radical (unpaired) electrons. The predicted molar refractivity (Wildman–Crippen MR) is 73.5 cm³/mol. The Morgan fingerprint density at radius 2 is 2.14 bits per heavy atom. The van der Waals surface area contributed by atoms with E-state index in [9.17, 15) is 14.9 Å². The van der Waals surface area contributed by atoms with Crippen molar-refractivity contribution in [2.75, 3.05) is 0 Å². The first kappa shape index (κ1) is 14.3. The number of nitro groups is 1. The minimum atomic E-state index is -0.730. The second-order valence-corrected chi connectivity index (χ2v) is 4.10. The van der Waals surface area contributed by atoms with Gasteiger partial charge in [-0.3, -0.25) is 4.79 Å². The minimum Gasteiger partial charge on any atom is -0.390 e. The lowest BCUT2D eigenvalue weighted by Gasteiger charge is -2.01. The summed E-state index contributed by atoms with van der Waals surface area (Å²) in [5.41, 5.74) is 3.89. The maximum atomic E-state index is 11.7. The number of hydrazone groups is 1. The highest BCUT2D eigenvalue weighted by Crippen LogP contribution is 2.01. The predicted octanol–water partition coefficient (Wildman–Crippen LogP) is 0.727. The molecule has 0 saturated heterocycles. The summed E-state index contributed by atoms with van der Waals surface area (Å²) in [6.07, 6.45) is 1.12. The molecule has 0 aliphatic rings. The summed E-state index contributed by atoms with van der Waals surface area (Å²) >= 11 is 0. The Morgan fingerprint density at radius 1 is 1.43 bits per heavy atom. The molecule has 21 heavy (non-hydrogen) atoms. The van der Waals surface area contributed by atoms with Gasteiger partial charge in [-0.25, -0.2) is 5.43 Å². The summed E-state index contributed by atoms with van der Waals surface area (Å²) in [6.45, 7) is 1.56. The number of rotatable bonds is 5. The summed E-state index contributed by atoms with van der Waals surface area (Å²) < 4.78 is 1.07. The number of nitrogens with one attached hydrogen (secondary N) is 1. The molecule has 1 aromatic heterocycles. The Labute approximate surface area is 119 Å². The number of aromatic nitrogens is 3. The Bertz CT molecular complexity index is 679. The van der Waals surface area contributed by atoms with Crippen molar-refractivity contribution in [3.05, 3.63) is 52.3 Å². The normalized spacial score (nSPS) is 11.2. The van der Waals surface area contributed by atoms with E-state index in [-0.39, 0.29) is 6.54 Å². The van der Waals surface area contributed by atoms with Gasteiger partial charge in [-0.1, -0.05) is 35.3 Å². The SMILES string of the molecule is C/C(=N\NC(=O)Cn1cnc([N+](=O)[O-])n1)c1ccccc1. The highest BCUT2D eigenvalue weighted by atomic mass is 16.6. The standard InChI is InChI=1S/C12H12N6O3/c1-9(10-5-3-2-4-6-10)14-15-11(19)7-17-8-13-12(16-17)18(20)21/h2-6,8H,7H2,1H3,(H,15,19)/b14-9+. The monoisotopic (exact) mass is 288 g/mol. The maximum Gasteiger partial charge on any atom is 0.490 e. The van der Waals surface area contributed by atoms with Crippen molar-refractivity contribution in [2.24, 2.45) is 5.10 Å². The van der Waals surface area contributed by atoms with Crippen LogP contribution in [0, 0.1) is 10.1 Å². The smallest absolute Gasteiger partial charge is 0.390 e. The fraction of sp³-hybridized carbons (Fsp3) is 0.167. The molecule has 0 saturated carbocycles. The molecule has 1 heterocycles. The largest absolute Gasteiger partial charge is 0.490 e. The molecule has 0 aliphatic carbocycles. The van der Waals surface area contributed by atoms with E-state index in [2.05, 4.69) is 20.6 Å². The van der Waals surface area contributed by atoms with Crippen molar-refractivity contribution in [2.45, 2.75) is 13.5 Å². The van der Waals surface area contributed by atoms with Crippen molar-refractivity contribution in [3.8, 4) is 0 Å². The number of hydrogen-bond donors (Lipinski definition) is 1. The molecule has 2 rings (SSSR count). The van der Waals surface area contributed by atoms with Crippen LogP contribution in [-0.4, -0.2) is 31.3 Å². The van der Waals surface area contributed by atoms with Crippen molar-refractivity contribution in [1.82, 2.24) is 20.2 Å². The number of hydrogen-bond acceptors (Lipinski definition) is 6. The summed E-state index contributed by atoms with van der Waals surface area (Å²) in [6, 6.07) is 9.35. The summed E-state index contributed by atoms with van der Waals surface area (Å²) in [5, 5.41) is 17.9. The number of benzene rings is 1. The van der Waals surface area contributed by atoms with Crippen molar-refractivity contribution >= 4 is 17.6 Å². The molecule has 1 amide bonds. The van der Waals surface area contributed by atoms with Gasteiger partial charge in [0.1, 0.15) is 6.54 Å². The number of carbonyl (C=O) groups is 1. The molecule has 0 atom stereocenters. The van der Waals surface area contributed by atoms with Crippen molar-refractivity contribution in [1.29, 1.82) is 0 Å². The molecule has 1 aromatic carbocycles. The van der Waals surface area contributed by atoms with Crippen LogP contribution in [0.15, 0.2) is 41.8 Å². The number of nitrogens with zero attached hydrogens (tertiary/aromatic N) is 5. The van der Waals surface area contributed by atoms with Gasteiger partial charge in [-0.15, -0.1) is 0 Å². The van der Waals surface area contributed by atoms with Crippen LogP contribution in [0.25, 0.3) is 0 Å². The topological polar surface area (TPSA) is 115 Å². The highest BCUT2D eigenvalue weighted by Gasteiger charge is 2.14. The zero-order valence-electron chi connectivity index (χ0n) is 11.1. The van der Waals surface area contributed by atoms with Gasteiger partial charge in [0, 0.05) is 5.10 Å². The van der Waals surface area contributed by atoms with Crippen LogP contribution in [-0.2, 0) is 11.3 Å². The Hall–Kier alpha value is -3.10. The van der Waals surface area contributed by atoms with E-state index in [1.54, 1.807) is 6.92 Å². The van der Waals surface area contributed by atoms with Gasteiger partial charge in [-0.2, -0.15) is 9.78 Å². The van der Waals surface area contributed by atoms with E-state index in [1.807, 2.05) is 30.3 Å². The van der Waals surface area contributed by atoms with Crippen LogP contribution < -0.4 is 5.43 Å². The minimum absolute atomic E-state index is 0.202. The lowest BCUT2D eigenvalue weighted by Crippen LogP contribution is -2.24. The third-order valence-electron chi connectivity index (χ3n) is 2.53. The molecule has 108 valence electrons. The quantitative estimate of drug-likeness (QED) is 0.494. The third kappa shape index (κ3) is 3.93. The molecule has 0 fully saturated rings.